The molecule has 3 nitrogen and oxygen atoms in total. The number of pyridine rings is 1. The first-order chi connectivity index (χ1) is 8.49. The Morgan fingerprint density at radius 2 is 2.06 bits per heavy atom. The normalized spacial score (nSPS) is 12.4. The molecule has 1 aromatic heterocycles. The molecule has 94 valence electrons. The Balaban J connectivity index is 2.44. The van der Waals surface area contributed by atoms with Gasteiger partial charge in [-0.2, -0.15) is 0 Å². The summed E-state index contributed by atoms with van der Waals surface area (Å²) in [6.45, 7) is 1.90. The van der Waals surface area contributed by atoms with Gasteiger partial charge in [0.15, 0.2) is 0 Å². The fourth-order valence-electron chi connectivity index (χ4n) is 1.74. The van der Waals surface area contributed by atoms with Crippen LogP contribution in [-0.2, 0) is 0 Å². The second kappa shape index (κ2) is 4.92. The van der Waals surface area contributed by atoms with E-state index < -0.39 is 11.9 Å². The van der Waals surface area contributed by atoms with Crippen LogP contribution < -0.4 is 11.5 Å². The highest BCUT2D eigenvalue weighted by Crippen LogP contribution is 2.27. The van der Waals surface area contributed by atoms with Crippen LogP contribution in [0.3, 0.4) is 0 Å². The molecule has 0 aliphatic carbocycles. The number of aromatic nitrogens is 1. The van der Waals surface area contributed by atoms with E-state index in [0.717, 1.165) is 5.56 Å². The maximum Gasteiger partial charge on any atom is 0.141 e. The largest absolute Gasteiger partial charge is 0.383 e. The highest BCUT2D eigenvalue weighted by atomic mass is 35.5. The maximum absolute atomic E-state index is 13.1. The maximum atomic E-state index is 13.1. The molecule has 0 amide bonds. The lowest BCUT2D eigenvalue weighted by atomic mass is 9.99. The SMILES string of the molecule is Cc1cnc(N)c(C(N)c2ccc(F)c(Cl)c2)c1. The van der Waals surface area contributed by atoms with E-state index in [9.17, 15) is 4.39 Å². The van der Waals surface area contributed by atoms with Crippen LogP contribution in [0.15, 0.2) is 30.5 Å². The zero-order valence-corrected chi connectivity index (χ0v) is 10.6. The minimum absolute atomic E-state index is 0.0436. The number of aryl methyl sites for hydroxylation is 1. The Kier molecular flexibility index (Phi) is 3.50. The van der Waals surface area contributed by atoms with E-state index in [1.807, 2.05) is 13.0 Å². The molecule has 1 unspecified atom stereocenters. The summed E-state index contributed by atoms with van der Waals surface area (Å²) < 4.78 is 13.1. The van der Waals surface area contributed by atoms with E-state index >= 15 is 0 Å². The standard InChI is InChI=1S/C13H13ClFN3/c1-7-4-9(13(17)18-6-7)12(16)8-2-3-11(15)10(14)5-8/h2-6,12H,16H2,1H3,(H2,17,18). The van der Waals surface area contributed by atoms with Crippen molar-refractivity contribution in [2.75, 3.05) is 5.73 Å². The predicted octanol–water partition coefficient (Wildman–Crippen LogP) is 2.81. The second-order valence-corrected chi connectivity index (χ2v) is 4.55. The van der Waals surface area contributed by atoms with Crippen molar-refractivity contribution in [3.05, 3.63) is 58.0 Å². The van der Waals surface area contributed by atoms with Gasteiger partial charge in [0.1, 0.15) is 11.6 Å². The van der Waals surface area contributed by atoms with Crippen molar-refractivity contribution in [3.63, 3.8) is 0 Å². The number of nitrogens with zero attached hydrogens (tertiary/aromatic N) is 1. The van der Waals surface area contributed by atoms with Crippen LogP contribution in [0.5, 0.6) is 0 Å². The van der Waals surface area contributed by atoms with Gasteiger partial charge in [-0.3, -0.25) is 0 Å². The lowest BCUT2D eigenvalue weighted by Gasteiger charge is -2.15. The average molecular weight is 266 g/mol. The number of nitrogen functional groups attached to an aromatic ring is 1. The van der Waals surface area contributed by atoms with Crippen LogP contribution in [0.25, 0.3) is 0 Å². The van der Waals surface area contributed by atoms with Crippen molar-refractivity contribution in [1.29, 1.82) is 0 Å². The Bertz CT molecular complexity index is 586. The van der Waals surface area contributed by atoms with E-state index in [-0.39, 0.29) is 5.02 Å². The van der Waals surface area contributed by atoms with Gasteiger partial charge in [0, 0.05) is 11.8 Å². The van der Waals surface area contributed by atoms with Crippen molar-refractivity contribution < 1.29 is 4.39 Å². The van der Waals surface area contributed by atoms with Crippen molar-refractivity contribution in [2.24, 2.45) is 5.73 Å². The quantitative estimate of drug-likeness (QED) is 0.878. The molecule has 2 aromatic rings. The highest BCUT2D eigenvalue weighted by molar-refractivity contribution is 6.30. The van der Waals surface area contributed by atoms with Crippen molar-refractivity contribution in [2.45, 2.75) is 13.0 Å². The fourth-order valence-corrected chi connectivity index (χ4v) is 1.93. The fraction of sp³-hybridized carbons (Fsp3) is 0.154. The molecule has 0 aliphatic heterocycles. The number of rotatable bonds is 2. The zero-order valence-electron chi connectivity index (χ0n) is 9.82. The van der Waals surface area contributed by atoms with Crippen LogP contribution in [0.2, 0.25) is 5.02 Å². The number of halogens is 2. The van der Waals surface area contributed by atoms with Gasteiger partial charge >= 0.3 is 0 Å². The Morgan fingerprint density at radius 3 is 2.72 bits per heavy atom. The smallest absolute Gasteiger partial charge is 0.141 e. The molecule has 0 saturated heterocycles. The number of hydrogen-bond donors (Lipinski definition) is 2. The van der Waals surface area contributed by atoms with Crippen LogP contribution in [0.4, 0.5) is 10.2 Å². The molecule has 0 aliphatic rings. The Labute approximate surface area is 110 Å². The number of nitrogens with two attached hydrogens (primary N) is 2. The van der Waals surface area contributed by atoms with Crippen molar-refractivity contribution in [3.8, 4) is 0 Å². The minimum atomic E-state index is -0.476. The molecule has 0 bridgehead atoms. The summed E-state index contributed by atoms with van der Waals surface area (Å²) >= 11 is 5.74. The molecule has 0 spiro atoms. The van der Waals surface area contributed by atoms with Crippen molar-refractivity contribution in [1.82, 2.24) is 4.98 Å². The summed E-state index contributed by atoms with van der Waals surface area (Å²) in [5.41, 5.74) is 14.3. The first-order valence-corrected chi connectivity index (χ1v) is 5.79. The topological polar surface area (TPSA) is 64.9 Å². The van der Waals surface area contributed by atoms with Gasteiger partial charge in [-0.15, -0.1) is 0 Å². The molecule has 0 fully saturated rings. The number of benzene rings is 1. The highest BCUT2D eigenvalue weighted by Gasteiger charge is 2.14. The Morgan fingerprint density at radius 1 is 1.33 bits per heavy atom. The molecular weight excluding hydrogens is 253 g/mol. The summed E-state index contributed by atoms with van der Waals surface area (Å²) in [6.07, 6.45) is 1.67. The summed E-state index contributed by atoms with van der Waals surface area (Å²) in [5, 5.41) is 0.0436. The molecule has 2 rings (SSSR count). The van der Waals surface area contributed by atoms with Crippen LogP contribution >= 0.6 is 11.6 Å². The van der Waals surface area contributed by atoms with E-state index in [2.05, 4.69) is 4.98 Å². The van der Waals surface area contributed by atoms with Gasteiger partial charge in [-0.25, -0.2) is 9.37 Å². The molecule has 0 saturated carbocycles. The summed E-state index contributed by atoms with van der Waals surface area (Å²) in [7, 11) is 0. The van der Waals surface area contributed by atoms with E-state index in [1.54, 1.807) is 12.3 Å². The zero-order chi connectivity index (χ0) is 13.3. The lowest BCUT2D eigenvalue weighted by molar-refractivity contribution is 0.627. The monoisotopic (exact) mass is 265 g/mol. The second-order valence-electron chi connectivity index (χ2n) is 4.14. The molecule has 0 radical (unpaired) electrons. The molecule has 1 atom stereocenters. The van der Waals surface area contributed by atoms with E-state index in [0.29, 0.717) is 16.9 Å². The Hall–Kier alpha value is -1.65. The van der Waals surface area contributed by atoms with E-state index in [4.69, 9.17) is 23.1 Å². The van der Waals surface area contributed by atoms with Crippen LogP contribution in [0, 0.1) is 12.7 Å². The average Bonchev–Trinajstić information content (AvgIpc) is 2.35. The van der Waals surface area contributed by atoms with E-state index in [1.165, 1.54) is 12.1 Å². The van der Waals surface area contributed by atoms with Gasteiger partial charge in [-0.1, -0.05) is 17.7 Å². The molecular formula is C13H13ClFN3. The number of anilines is 1. The first-order valence-electron chi connectivity index (χ1n) is 5.41. The predicted molar refractivity (Wildman–Crippen MR) is 70.8 cm³/mol. The van der Waals surface area contributed by atoms with Gasteiger partial charge < -0.3 is 11.5 Å². The third-order valence-corrected chi connectivity index (χ3v) is 3.01. The third kappa shape index (κ3) is 2.44. The lowest BCUT2D eigenvalue weighted by Crippen LogP contribution is -2.15. The molecule has 1 aromatic carbocycles. The first kappa shape index (κ1) is 12.8. The van der Waals surface area contributed by atoms with Gasteiger partial charge in [0.05, 0.1) is 11.1 Å². The van der Waals surface area contributed by atoms with Crippen LogP contribution in [-0.4, -0.2) is 4.98 Å². The molecule has 5 heteroatoms. The summed E-state index contributed by atoms with van der Waals surface area (Å²) in [5.74, 6) is -0.100. The van der Waals surface area contributed by atoms with Gasteiger partial charge in [0.2, 0.25) is 0 Å². The third-order valence-electron chi connectivity index (χ3n) is 2.72. The summed E-state index contributed by atoms with van der Waals surface area (Å²) in [4.78, 5) is 4.06. The summed E-state index contributed by atoms with van der Waals surface area (Å²) in [6, 6.07) is 5.77. The molecule has 18 heavy (non-hydrogen) atoms. The van der Waals surface area contributed by atoms with Gasteiger partial charge in [0.25, 0.3) is 0 Å². The number of hydrogen-bond acceptors (Lipinski definition) is 3. The van der Waals surface area contributed by atoms with Crippen LogP contribution in [0.1, 0.15) is 22.7 Å². The molecule has 1 heterocycles. The molecule has 4 N–H and O–H groups in total. The van der Waals surface area contributed by atoms with Gasteiger partial charge in [-0.05, 0) is 36.2 Å². The van der Waals surface area contributed by atoms with Crippen molar-refractivity contribution >= 4 is 17.4 Å². The minimum Gasteiger partial charge on any atom is -0.383 e.